The van der Waals surface area contributed by atoms with Crippen molar-refractivity contribution in [3.8, 4) is 5.75 Å². The van der Waals surface area contributed by atoms with Crippen LogP contribution in [0.4, 0.5) is 10.1 Å². The molecule has 0 aromatic heterocycles. The highest BCUT2D eigenvalue weighted by atomic mass is 19.1. The van der Waals surface area contributed by atoms with Crippen LogP contribution in [0.15, 0.2) is 18.2 Å². The van der Waals surface area contributed by atoms with Gasteiger partial charge in [-0.1, -0.05) is 12.2 Å². The zero-order valence-corrected chi connectivity index (χ0v) is 7.87. The second-order valence-electron chi connectivity index (χ2n) is 3.54. The number of hydrogen-bond acceptors (Lipinski definition) is 2. The van der Waals surface area contributed by atoms with Crippen molar-refractivity contribution < 1.29 is 13.9 Å². The summed E-state index contributed by atoms with van der Waals surface area (Å²) in [5.41, 5.74) is 1.39. The maximum atomic E-state index is 13.2. The topological polar surface area (TPSA) is 29.5 Å². The Bertz CT molecular complexity index is 482. The third-order valence-electron chi connectivity index (χ3n) is 2.58. The molecule has 0 aliphatic carbocycles. The van der Waals surface area contributed by atoms with Gasteiger partial charge in [0.15, 0.2) is 6.61 Å². The lowest BCUT2D eigenvalue weighted by molar-refractivity contribution is -0.121. The summed E-state index contributed by atoms with van der Waals surface area (Å²) in [5, 5.41) is 0. The smallest absolute Gasteiger partial charge is 0.265 e. The predicted octanol–water partition coefficient (Wildman–Crippen LogP) is 1.58. The highest BCUT2D eigenvalue weighted by Crippen LogP contribution is 2.38. The summed E-state index contributed by atoms with van der Waals surface area (Å²) in [6.45, 7) is 0.525. The molecule has 0 N–H and O–H groups in total. The van der Waals surface area contributed by atoms with E-state index in [0.717, 1.165) is 0 Å². The van der Waals surface area contributed by atoms with E-state index in [1.165, 1.54) is 12.1 Å². The molecule has 76 valence electrons. The van der Waals surface area contributed by atoms with Crippen molar-refractivity contribution in [1.29, 1.82) is 0 Å². The van der Waals surface area contributed by atoms with E-state index in [0.29, 0.717) is 23.5 Å². The molecule has 0 fully saturated rings. The predicted molar refractivity (Wildman–Crippen MR) is 53.3 cm³/mol. The fraction of sp³-hybridized carbons (Fsp3) is 0.182. The van der Waals surface area contributed by atoms with Gasteiger partial charge in [-0.25, -0.2) is 4.39 Å². The largest absolute Gasteiger partial charge is 0.481 e. The highest BCUT2D eigenvalue weighted by molar-refractivity contribution is 6.01. The van der Waals surface area contributed by atoms with Gasteiger partial charge in [-0.2, -0.15) is 0 Å². The molecule has 0 unspecified atom stereocenters. The number of rotatable bonds is 0. The molecule has 4 heteroatoms. The maximum absolute atomic E-state index is 13.2. The van der Waals surface area contributed by atoms with Gasteiger partial charge in [0.25, 0.3) is 5.91 Å². The Morgan fingerprint density at radius 3 is 3.13 bits per heavy atom. The van der Waals surface area contributed by atoms with Crippen LogP contribution in [0, 0.1) is 5.82 Å². The van der Waals surface area contributed by atoms with E-state index in [-0.39, 0.29) is 18.3 Å². The van der Waals surface area contributed by atoms with E-state index in [2.05, 4.69) is 0 Å². The average Bonchev–Trinajstić information content (AvgIpc) is 2.23. The zero-order chi connectivity index (χ0) is 10.4. The van der Waals surface area contributed by atoms with Crippen LogP contribution in [0.3, 0.4) is 0 Å². The Hall–Kier alpha value is -1.84. The number of amides is 1. The van der Waals surface area contributed by atoms with Crippen LogP contribution < -0.4 is 9.64 Å². The van der Waals surface area contributed by atoms with Crippen molar-refractivity contribution in [3.05, 3.63) is 29.6 Å². The molecule has 0 saturated carbocycles. The van der Waals surface area contributed by atoms with Gasteiger partial charge >= 0.3 is 0 Å². The summed E-state index contributed by atoms with van der Waals surface area (Å²) < 4.78 is 18.4. The molecule has 2 heterocycles. The molecule has 0 spiro atoms. The van der Waals surface area contributed by atoms with E-state index >= 15 is 0 Å². The minimum absolute atomic E-state index is 0.0102. The Kier molecular flexibility index (Phi) is 1.59. The first-order chi connectivity index (χ1) is 7.25. The quantitative estimate of drug-likeness (QED) is 0.643. The van der Waals surface area contributed by atoms with Gasteiger partial charge in [0.1, 0.15) is 11.6 Å². The lowest BCUT2D eigenvalue weighted by Gasteiger charge is -2.32. The number of benzene rings is 1. The second-order valence-corrected chi connectivity index (χ2v) is 3.54. The number of carbonyl (C=O) groups is 1. The van der Waals surface area contributed by atoms with Crippen molar-refractivity contribution in [2.75, 3.05) is 18.1 Å². The second kappa shape index (κ2) is 2.82. The molecular weight excluding hydrogens is 197 g/mol. The number of hydrogen-bond donors (Lipinski definition) is 0. The van der Waals surface area contributed by atoms with E-state index in [9.17, 15) is 9.18 Å². The molecule has 15 heavy (non-hydrogen) atoms. The third kappa shape index (κ3) is 1.14. The van der Waals surface area contributed by atoms with Crippen molar-refractivity contribution in [2.24, 2.45) is 0 Å². The van der Waals surface area contributed by atoms with Gasteiger partial charge in [0.05, 0.1) is 5.69 Å². The molecule has 0 atom stereocenters. The molecule has 1 aromatic carbocycles. The molecular formula is C11H8FNO2. The molecule has 1 amide bonds. The van der Waals surface area contributed by atoms with Crippen molar-refractivity contribution in [1.82, 2.24) is 0 Å². The Morgan fingerprint density at radius 1 is 1.40 bits per heavy atom. The van der Waals surface area contributed by atoms with Gasteiger partial charge in [-0.3, -0.25) is 4.79 Å². The third-order valence-corrected chi connectivity index (χ3v) is 2.58. The maximum Gasteiger partial charge on any atom is 0.265 e. The van der Waals surface area contributed by atoms with Crippen LogP contribution in [0.5, 0.6) is 5.75 Å². The summed E-state index contributed by atoms with van der Waals surface area (Å²) >= 11 is 0. The van der Waals surface area contributed by atoms with Gasteiger partial charge < -0.3 is 9.64 Å². The number of anilines is 1. The summed E-state index contributed by atoms with van der Waals surface area (Å²) in [6.07, 6.45) is 3.65. The molecule has 2 aliphatic heterocycles. The van der Waals surface area contributed by atoms with E-state index in [1.807, 2.05) is 6.08 Å². The van der Waals surface area contributed by atoms with Crippen LogP contribution >= 0.6 is 0 Å². The number of halogens is 1. The first-order valence-electron chi connectivity index (χ1n) is 4.69. The van der Waals surface area contributed by atoms with Crippen LogP contribution in [-0.4, -0.2) is 19.1 Å². The van der Waals surface area contributed by atoms with Crippen LogP contribution in [-0.2, 0) is 4.79 Å². The summed E-state index contributed by atoms with van der Waals surface area (Å²) in [4.78, 5) is 13.2. The van der Waals surface area contributed by atoms with Gasteiger partial charge in [-0.15, -0.1) is 0 Å². The number of nitrogens with zero attached hydrogens (tertiary/aromatic N) is 1. The van der Waals surface area contributed by atoms with Crippen molar-refractivity contribution in [2.45, 2.75) is 0 Å². The summed E-state index contributed by atoms with van der Waals surface area (Å²) in [5.74, 6) is 0.0262. The minimum atomic E-state index is -0.343. The van der Waals surface area contributed by atoms with Gasteiger partial charge in [0.2, 0.25) is 0 Å². The van der Waals surface area contributed by atoms with Crippen LogP contribution in [0.25, 0.3) is 6.08 Å². The Labute approximate surface area is 85.8 Å². The summed E-state index contributed by atoms with van der Waals surface area (Å²) in [7, 11) is 0. The average molecular weight is 205 g/mol. The van der Waals surface area contributed by atoms with Crippen molar-refractivity contribution >= 4 is 17.7 Å². The summed E-state index contributed by atoms with van der Waals surface area (Å²) in [6, 6.07) is 2.72. The lowest BCUT2D eigenvalue weighted by atomic mass is 10.1. The fourth-order valence-electron chi connectivity index (χ4n) is 1.94. The molecule has 0 radical (unpaired) electrons. The molecule has 3 rings (SSSR count). The lowest BCUT2D eigenvalue weighted by Crippen LogP contribution is -2.40. The Balaban J connectivity index is 2.27. The Morgan fingerprint density at radius 2 is 2.27 bits per heavy atom. The molecule has 0 saturated heterocycles. The fourth-order valence-corrected chi connectivity index (χ4v) is 1.94. The zero-order valence-electron chi connectivity index (χ0n) is 7.87. The first-order valence-corrected chi connectivity index (χ1v) is 4.69. The highest BCUT2D eigenvalue weighted by Gasteiger charge is 2.29. The minimum Gasteiger partial charge on any atom is -0.481 e. The van der Waals surface area contributed by atoms with E-state index < -0.39 is 0 Å². The normalized spacial score (nSPS) is 17.4. The van der Waals surface area contributed by atoms with E-state index in [4.69, 9.17) is 4.74 Å². The van der Waals surface area contributed by atoms with Gasteiger partial charge in [-0.05, 0) is 6.07 Å². The first kappa shape index (κ1) is 8.47. The molecule has 2 aliphatic rings. The van der Waals surface area contributed by atoms with E-state index in [1.54, 1.807) is 11.0 Å². The van der Waals surface area contributed by atoms with Crippen LogP contribution in [0.1, 0.15) is 5.56 Å². The molecule has 3 nitrogen and oxygen atoms in total. The molecule has 1 aromatic rings. The van der Waals surface area contributed by atoms with Crippen molar-refractivity contribution in [3.63, 3.8) is 0 Å². The standard InChI is InChI=1S/C11H8FNO2/c12-8-4-7-2-1-3-13-10(14)6-15-9(5-8)11(7)13/h1-2,4-5H,3,6H2. The van der Waals surface area contributed by atoms with Gasteiger partial charge in [0, 0.05) is 18.2 Å². The number of ether oxygens (including phenoxy) is 1. The number of carbonyl (C=O) groups excluding carboxylic acids is 1. The van der Waals surface area contributed by atoms with Crippen LogP contribution in [0.2, 0.25) is 0 Å². The monoisotopic (exact) mass is 205 g/mol. The molecule has 0 bridgehead atoms. The SMILES string of the molecule is O=C1COc2cc(F)cc3c2N1CC=C3.